The number of aliphatic hydroxyl groups is 2. The van der Waals surface area contributed by atoms with Crippen LogP contribution in [-0.4, -0.2) is 40.4 Å². The topological polar surface area (TPSA) is 104 Å². The maximum absolute atomic E-state index is 14.5. The number of amides is 1. The lowest BCUT2D eigenvalue weighted by Gasteiger charge is -2.15. The zero-order valence-corrected chi connectivity index (χ0v) is 19.2. The first-order valence-corrected chi connectivity index (χ1v) is 10.2. The van der Waals surface area contributed by atoms with E-state index in [1.54, 1.807) is 6.07 Å². The lowest BCUT2D eigenvalue weighted by atomic mass is 10.1. The average Bonchev–Trinajstić information content (AvgIpc) is 2.63. The van der Waals surface area contributed by atoms with Crippen LogP contribution in [0.15, 0.2) is 22.8 Å². The summed E-state index contributed by atoms with van der Waals surface area (Å²) in [6, 6.07) is 2.85. The van der Waals surface area contributed by atoms with Crippen molar-refractivity contribution < 1.29 is 28.6 Å². The third-order valence-corrected chi connectivity index (χ3v) is 5.10. The van der Waals surface area contributed by atoms with Gasteiger partial charge in [0.2, 0.25) is 0 Å². The fraction of sp³-hybridized carbons (Fsp3) is 0.200. The highest BCUT2D eigenvalue weighted by Crippen LogP contribution is 2.32. The van der Waals surface area contributed by atoms with E-state index in [2.05, 4.69) is 48.8 Å². The van der Waals surface area contributed by atoms with Crippen LogP contribution < -0.4 is 10.8 Å². The predicted molar refractivity (Wildman–Crippen MR) is 114 cm³/mol. The Morgan fingerprint density at radius 3 is 2.67 bits per heavy atom. The summed E-state index contributed by atoms with van der Waals surface area (Å²) in [7, 11) is 0. The number of carbonyl (C=O) groups excluding carboxylic acids is 1. The third kappa shape index (κ3) is 5.90. The number of hydrogen-bond donors (Lipinski definition) is 4. The number of aliphatic hydroxyl groups excluding tert-OH is 2. The van der Waals surface area contributed by atoms with Crippen LogP contribution in [0.5, 0.6) is 0 Å². The first-order chi connectivity index (χ1) is 12.7. The molecule has 2 rings (SSSR count). The van der Waals surface area contributed by atoms with Gasteiger partial charge in [-0.3, -0.25) is 9.63 Å². The van der Waals surface area contributed by atoms with Crippen molar-refractivity contribution in [3.05, 3.63) is 47.1 Å². The zero-order chi connectivity index (χ0) is 20.1. The van der Waals surface area contributed by atoms with Crippen molar-refractivity contribution in [2.45, 2.75) is 6.10 Å². The molecule has 146 valence electrons. The van der Waals surface area contributed by atoms with Gasteiger partial charge in [-0.15, -0.1) is 0 Å². The van der Waals surface area contributed by atoms with E-state index in [0.29, 0.717) is 3.57 Å². The molecule has 0 spiro atoms. The minimum atomic E-state index is -1.28. The Bertz CT molecular complexity index is 860. The standard InChI is InChI=1S/C15H12BrF2I2N3O4/c16-9-2-8(15(26)23-27-5-7(25)4-24)13(12(18)11(9)17)22-14-10(20)1-6(19)3-21-14/h1-3,7,24-25H,4-5H2,(H,21,22)(H,23,26). The lowest BCUT2D eigenvalue weighted by molar-refractivity contribution is -0.0295. The maximum Gasteiger partial charge on any atom is 0.277 e. The Morgan fingerprint density at radius 1 is 1.33 bits per heavy atom. The molecule has 7 nitrogen and oxygen atoms in total. The summed E-state index contributed by atoms with van der Waals surface area (Å²) >= 11 is 6.88. The van der Waals surface area contributed by atoms with E-state index in [1.165, 1.54) is 6.20 Å². The number of pyridine rings is 1. The van der Waals surface area contributed by atoms with Crippen LogP contribution in [0.1, 0.15) is 10.4 Å². The van der Waals surface area contributed by atoms with Gasteiger partial charge in [0.05, 0.1) is 25.9 Å². The molecule has 12 heteroatoms. The van der Waals surface area contributed by atoms with E-state index >= 15 is 0 Å². The van der Waals surface area contributed by atoms with Crippen LogP contribution in [-0.2, 0) is 4.84 Å². The highest BCUT2D eigenvalue weighted by Gasteiger charge is 2.23. The van der Waals surface area contributed by atoms with Crippen molar-refractivity contribution in [3.63, 3.8) is 0 Å². The second-order valence-corrected chi connectivity index (χ2v) is 8.36. The van der Waals surface area contributed by atoms with Crippen molar-refractivity contribution in [2.24, 2.45) is 0 Å². The molecule has 1 unspecified atom stereocenters. The minimum Gasteiger partial charge on any atom is -0.394 e. The Hall–Kier alpha value is -0.680. The molecule has 4 N–H and O–H groups in total. The number of carbonyl (C=O) groups is 1. The molecule has 0 saturated carbocycles. The van der Waals surface area contributed by atoms with Crippen molar-refractivity contribution in [2.75, 3.05) is 18.5 Å². The van der Waals surface area contributed by atoms with E-state index in [-0.39, 0.29) is 22.5 Å². The number of benzene rings is 1. The van der Waals surface area contributed by atoms with Gasteiger partial charge in [-0.25, -0.2) is 19.2 Å². The van der Waals surface area contributed by atoms with Crippen LogP contribution in [0.25, 0.3) is 0 Å². The van der Waals surface area contributed by atoms with Crippen molar-refractivity contribution in [1.29, 1.82) is 0 Å². The summed E-state index contributed by atoms with van der Waals surface area (Å²) in [6.45, 7) is -0.942. The van der Waals surface area contributed by atoms with Gasteiger partial charge in [0, 0.05) is 9.77 Å². The molecule has 0 saturated heterocycles. The first kappa shape index (κ1) is 22.6. The Balaban J connectivity index is 2.34. The van der Waals surface area contributed by atoms with E-state index in [1.807, 2.05) is 28.1 Å². The van der Waals surface area contributed by atoms with Gasteiger partial charge < -0.3 is 15.5 Å². The molecule has 0 aliphatic carbocycles. The monoisotopic (exact) mass is 669 g/mol. The van der Waals surface area contributed by atoms with Gasteiger partial charge in [0.25, 0.3) is 5.91 Å². The van der Waals surface area contributed by atoms with Gasteiger partial charge in [-0.1, -0.05) is 0 Å². The molecular weight excluding hydrogens is 658 g/mol. The molecule has 27 heavy (non-hydrogen) atoms. The molecular formula is C15H12BrF2I2N3O4. The lowest BCUT2D eigenvalue weighted by Crippen LogP contribution is -2.30. The summed E-state index contributed by atoms with van der Waals surface area (Å²) in [6.07, 6.45) is 0.328. The number of nitrogens with zero attached hydrogens (tertiary/aromatic N) is 1. The van der Waals surface area contributed by atoms with Crippen LogP contribution in [0.3, 0.4) is 0 Å². The number of hydrogen-bond acceptors (Lipinski definition) is 6. The van der Waals surface area contributed by atoms with Crippen molar-refractivity contribution >= 4 is 78.5 Å². The SMILES string of the molecule is O=C(NOCC(O)CO)c1cc(Br)c(F)c(F)c1Nc1ncc(I)cc1I. The molecule has 1 heterocycles. The van der Waals surface area contributed by atoms with Crippen LogP contribution >= 0.6 is 61.1 Å². The van der Waals surface area contributed by atoms with E-state index in [0.717, 1.165) is 9.64 Å². The molecule has 0 aliphatic heterocycles. The second-order valence-electron chi connectivity index (χ2n) is 5.10. The third-order valence-electron chi connectivity index (χ3n) is 3.11. The number of rotatable bonds is 7. The van der Waals surface area contributed by atoms with E-state index in [9.17, 15) is 18.7 Å². The average molecular weight is 670 g/mol. The molecule has 0 aliphatic rings. The summed E-state index contributed by atoms with van der Waals surface area (Å²) in [5, 5.41) is 20.6. The number of hydroxylamine groups is 1. The van der Waals surface area contributed by atoms with Gasteiger partial charge >= 0.3 is 0 Å². The normalized spacial score (nSPS) is 12.0. The molecule has 1 atom stereocenters. The number of halogens is 5. The fourth-order valence-corrected chi connectivity index (χ4v) is 3.89. The molecule has 1 amide bonds. The van der Waals surface area contributed by atoms with Crippen LogP contribution in [0, 0.1) is 18.8 Å². The van der Waals surface area contributed by atoms with Gasteiger partial charge in [0.15, 0.2) is 11.6 Å². The smallest absolute Gasteiger partial charge is 0.277 e. The second kappa shape index (κ2) is 10.2. The molecule has 0 bridgehead atoms. The Morgan fingerprint density at radius 2 is 2.04 bits per heavy atom. The quantitative estimate of drug-likeness (QED) is 0.205. The number of nitrogens with one attached hydrogen (secondary N) is 2. The predicted octanol–water partition coefficient (Wildman–Crippen LogP) is 3.09. The molecule has 0 radical (unpaired) electrons. The number of aromatic nitrogens is 1. The minimum absolute atomic E-state index is 0.238. The molecule has 1 aromatic carbocycles. The molecule has 1 aromatic heterocycles. The number of anilines is 2. The fourth-order valence-electron chi connectivity index (χ4n) is 1.83. The van der Waals surface area contributed by atoms with Gasteiger partial charge in [-0.2, -0.15) is 0 Å². The van der Waals surface area contributed by atoms with Crippen LogP contribution in [0.2, 0.25) is 0 Å². The largest absolute Gasteiger partial charge is 0.394 e. The van der Waals surface area contributed by atoms with Gasteiger partial charge in [-0.05, 0) is 73.2 Å². The summed E-state index contributed by atoms with van der Waals surface area (Å²) < 4.78 is 29.7. The molecule has 0 fully saturated rings. The Labute approximate surface area is 188 Å². The van der Waals surface area contributed by atoms with Crippen LogP contribution in [0.4, 0.5) is 20.3 Å². The summed E-state index contributed by atoms with van der Waals surface area (Å²) in [5.41, 5.74) is 1.33. The highest BCUT2D eigenvalue weighted by molar-refractivity contribution is 14.1. The maximum atomic E-state index is 14.5. The summed E-state index contributed by atoms with van der Waals surface area (Å²) in [5.74, 6) is -3.10. The highest BCUT2D eigenvalue weighted by atomic mass is 127. The van der Waals surface area contributed by atoms with Crippen molar-refractivity contribution in [3.8, 4) is 0 Å². The first-order valence-electron chi connectivity index (χ1n) is 7.21. The molecule has 2 aromatic rings. The summed E-state index contributed by atoms with van der Waals surface area (Å²) in [4.78, 5) is 21.2. The van der Waals surface area contributed by atoms with Crippen molar-refractivity contribution in [1.82, 2.24) is 10.5 Å². The zero-order valence-electron chi connectivity index (χ0n) is 13.3. The van der Waals surface area contributed by atoms with E-state index < -0.39 is 35.9 Å². The van der Waals surface area contributed by atoms with E-state index in [4.69, 9.17) is 9.94 Å². The Kier molecular flexibility index (Phi) is 8.54. The van der Waals surface area contributed by atoms with Gasteiger partial charge in [0.1, 0.15) is 18.5 Å².